The zero-order chi connectivity index (χ0) is 15.5. The SMILES string of the molecule is CC(C(=O)NCc1ccco1)N1CCCCC1(C)C(=O)O. The molecule has 1 fully saturated rings. The number of nitrogens with zero attached hydrogens (tertiary/aromatic N) is 1. The highest BCUT2D eigenvalue weighted by Gasteiger charge is 2.44. The van der Waals surface area contributed by atoms with E-state index in [-0.39, 0.29) is 5.91 Å². The van der Waals surface area contributed by atoms with Gasteiger partial charge in [-0.1, -0.05) is 0 Å². The average molecular weight is 294 g/mol. The van der Waals surface area contributed by atoms with E-state index in [1.165, 1.54) is 0 Å². The summed E-state index contributed by atoms with van der Waals surface area (Å²) < 4.78 is 5.17. The van der Waals surface area contributed by atoms with E-state index in [2.05, 4.69) is 5.32 Å². The second kappa shape index (κ2) is 6.30. The predicted octanol–water partition coefficient (Wildman–Crippen LogP) is 1.61. The number of hydrogen-bond acceptors (Lipinski definition) is 4. The average Bonchev–Trinajstić information content (AvgIpc) is 2.97. The summed E-state index contributed by atoms with van der Waals surface area (Å²) in [6.45, 7) is 4.39. The van der Waals surface area contributed by atoms with Crippen molar-refractivity contribution < 1.29 is 19.1 Å². The summed E-state index contributed by atoms with van der Waals surface area (Å²) in [6, 6.07) is 3.06. The smallest absolute Gasteiger partial charge is 0.323 e. The summed E-state index contributed by atoms with van der Waals surface area (Å²) in [5.41, 5.74) is -0.973. The van der Waals surface area contributed by atoms with Gasteiger partial charge >= 0.3 is 5.97 Å². The molecule has 116 valence electrons. The number of rotatable bonds is 5. The molecular weight excluding hydrogens is 272 g/mol. The Balaban J connectivity index is 2.01. The lowest BCUT2D eigenvalue weighted by Crippen LogP contribution is -2.61. The Kier molecular flexibility index (Phi) is 4.67. The first-order valence-corrected chi connectivity index (χ1v) is 7.25. The van der Waals surface area contributed by atoms with Crippen LogP contribution in [0.25, 0.3) is 0 Å². The van der Waals surface area contributed by atoms with Crippen molar-refractivity contribution in [2.24, 2.45) is 0 Å². The molecule has 6 nitrogen and oxygen atoms in total. The maximum absolute atomic E-state index is 12.3. The monoisotopic (exact) mass is 294 g/mol. The Morgan fingerprint density at radius 2 is 2.29 bits per heavy atom. The molecule has 1 aromatic heterocycles. The standard InChI is InChI=1S/C15H22N2O4/c1-11(13(18)16-10-12-6-5-9-21-12)17-8-4-3-7-15(17,2)14(19)20/h5-6,9,11H,3-4,7-8,10H2,1-2H3,(H,16,18)(H,19,20). The molecule has 0 radical (unpaired) electrons. The predicted molar refractivity (Wildman–Crippen MR) is 76.6 cm³/mol. The zero-order valence-electron chi connectivity index (χ0n) is 12.5. The summed E-state index contributed by atoms with van der Waals surface area (Å²) >= 11 is 0. The van der Waals surface area contributed by atoms with Crippen molar-refractivity contribution in [1.82, 2.24) is 10.2 Å². The molecule has 2 unspecified atom stereocenters. The molecule has 1 saturated heterocycles. The van der Waals surface area contributed by atoms with Gasteiger partial charge in [0.25, 0.3) is 0 Å². The molecule has 1 aliphatic rings. The Hall–Kier alpha value is -1.82. The van der Waals surface area contributed by atoms with Gasteiger partial charge in [-0.05, 0) is 45.2 Å². The maximum atomic E-state index is 12.3. The van der Waals surface area contributed by atoms with E-state index in [4.69, 9.17) is 4.42 Å². The number of amides is 1. The quantitative estimate of drug-likeness (QED) is 0.862. The van der Waals surface area contributed by atoms with Gasteiger partial charge < -0.3 is 14.8 Å². The first-order chi connectivity index (χ1) is 9.95. The summed E-state index contributed by atoms with van der Waals surface area (Å²) in [7, 11) is 0. The molecule has 1 aliphatic heterocycles. The molecule has 0 saturated carbocycles. The number of carboxylic acids is 1. The van der Waals surface area contributed by atoms with Crippen molar-refractivity contribution in [3.63, 3.8) is 0 Å². The van der Waals surface area contributed by atoms with Crippen LogP contribution in [0.5, 0.6) is 0 Å². The van der Waals surface area contributed by atoms with Gasteiger partial charge in [-0.15, -0.1) is 0 Å². The first-order valence-electron chi connectivity index (χ1n) is 7.25. The van der Waals surface area contributed by atoms with E-state index in [0.717, 1.165) is 12.8 Å². The molecule has 0 spiro atoms. The molecule has 0 bridgehead atoms. The summed E-state index contributed by atoms with van der Waals surface area (Å²) in [5.74, 6) is -0.371. The lowest BCUT2D eigenvalue weighted by atomic mass is 9.87. The van der Waals surface area contributed by atoms with Crippen LogP contribution in [0.2, 0.25) is 0 Å². The summed E-state index contributed by atoms with van der Waals surface area (Å²) in [4.78, 5) is 25.6. The van der Waals surface area contributed by atoms with E-state index in [1.54, 1.807) is 37.1 Å². The van der Waals surface area contributed by atoms with Crippen LogP contribution in [0.4, 0.5) is 0 Å². The van der Waals surface area contributed by atoms with Crippen molar-refractivity contribution >= 4 is 11.9 Å². The van der Waals surface area contributed by atoms with Crippen molar-refractivity contribution in [2.75, 3.05) is 6.54 Å². The highest BCUT2D eigenvalue weighted by molar-refractivity contribution is 5.84. The Bertz CT molecular complexity index is 500. The molecule has 6 heteroatoms. The van der Waals surface area contributed by atoms with E-state index in [0.29, 0.717) is 25.3 Å². The molecule has 2 rings (SSSR count). The number of carboxylic acid groups (broad SMARTS) is 1. The van der Waals surface area contributed by atoms with Crippen LogP contribution in [0.1, 0.15) is 38.9 Å². The van der Waals surface area contributed by atoms with Crippen LogP contribution >= 0.6 is 0 Å². The fourth-order valence-corrected chi connectivity index (χ4v) is 2.87. The molecule has 21 heavy (non-hydrogen) atoms. The van der Waals surface area contributed by atoms with E-state index in [9.17, 15) is 14.7 Å². The van der Waals surface area contributed by atoms with Gasteiger partial charge in [-0.2, -0.15) is 0 Å². The number of likely N-dealkylation sites (tertiary alicyclic amines) is 1. The molecular formula is C15H22N2O4. The van der Waals surface area contributed by atoms with Crippen LogP contribution in [0.15, 0.2) is 22.8 Å². The minimum absolute atomic E-state index is 0.180. The highest BCUT2D eigenvalue weighted by Crippen LogP contribution is 2.30. The molecule has 2 heterocycles. The molecule has 0 aromatic carbocycles. The molecule has 2 N–H and O–H groups in total. The van der Waals surface area contributed by atoms with Crippen molar-refractivity contribution in [3.05, 3.63) is 24.2 Å². The Morgan fingerprint density at radius 3 is 2.90 bits per heavy atom. The Morgan fingerprint density at radius 1 is 1.52 bits per heavy atom. The van der Waals surface area contributed by atoms with Crippen LogP contribution in [0, 0.1) is 0 Å². The number of carbonyl (C=O) groups excluding carboxylic acids is 1. The van der Waals surface area contributed by atoms with Crippen molar-refractivity contribution in [3.8, 4) is 0 Å². The lowest BCUT2D eigenvalue weighted by Gasteiger charge is -2.44. The lowest BCUT2D eigenvalue weighted by molar-refractivity contribution is -0.156. The number of aliphatic carboxylic acids is 1. The number of carbonyl (C=O) groups is 2. The number of furan rings is 1. The number of hydrogen-bond donors (Lipinski definition) is 2. The van der Waals surface area contributed by atoms with Gasteiger partial charge in [0.05, 0.1) is 18.8 Å². The highest BCUT2D eigenvalue weighted by atomic mass is 16.4. The number of piperidine rings is 1. The third-order valence-corrected chi connectivity index (χ3v) is 4.27. The summed E-state index contributed by atoms with van der Waals surface area (Å²) in [6.07, 6.45) is 3.91. The zero-order valence-corrected chi connectivity index (χ0v) is 12.5. The van der Waals surface area contributed by atoms with Crippen LogP contribution in [-0.4, -0.2) is 40.0 Å². The fraction of sp³-hybridized carbons (Fsp3) is 0.600. The largest absolute Gasteiger partial charge is 0.480 e. The number of nitrogens with one attached hydrogen (secondary N) is 1. The van der Waals surface area contributed by atoms with Gasteiger partial charge in [0.15, 0.2) is 0 Å². The van der Waals surface area contributed by atoms with E-state index in [1.807, 2.05) is 0 Å². The normalized spacial score (nSPS) is 24.5. The van der Waals surface area contributed by atoms with Gasteiger partial charge in [-0.3, -0.25) is 14.5 Å². The van der Waals surface area contributed by atoms with Crippen molar-refractivity contribution in [1.29, 1.82) is 0 Å². The molecule has 2 atom stereocenters. The molecule has 1 amide bonds. The van der Waals surface area contributed by atoms with Crippen LogP contribution in [-0.2, 0) is 16.1 Å². The minimum atomic E-state index is -0.973. The van der Waals surface area contributed by atoms with Gasteiger partial charge in [0, 0.05) is 6.54 Å². The second-order valence-corrected chi connectivity index (χ2v) is 5.70. The Labute approximate surface area is 124 Å². The maximum Gasteiger partial charge on any atom is 0.323 e. The second-order valence-electron chi connectivity index (χ2n) is 5.70. The van der Waals surface area contributed by atoms with Gasteiger partial charge in [-0.25, -0.2) is 0 Å². The fourth-order valence-electron chi connectivity index (χ4n) is 2.87. The third-order valence-electron chi connectivity index (χ3n) is 4.27. The minimum Gasteiger partial charge on any atom is -0.480 e. The third kappa shape index (κ3) is 3.26. The first kappa shape index (κ1) is 15.6. The summed E-state index contributed by atoms with van der Waals surface area (Å²) in [5, 5.41) is 12.3. The van der Waals surface area contributed by atoms with Gasteiger partial charge in [0.2, 0.25) is 5.91 Å². The molecule has 1 aromatic rings. The van der Waals surface area contributed by atoms with Crippen LogP contribution < -0.4 is 5.32 Å². The van der Waals surface area contributed by atoms with Gasteiger partial charge in [0.1, 0.15) is 11.3 Å². The topological polar surface area (TPSA) is 82.8 Å². The van der Waals surface area contributed by atoms with Crippen LogP contribution in [0.3, 0.4) is 0 Å². The van der Waals surface area contributed by atoms with Crippen molar-refractivity contribution in [2.45, 2.75) is 51.2 Å². The van der Waals surface area contributed by atoms with E-state index >= 15 is 0 Å². The van der Waals surface area contributed by atoms with E-state index < -0.39 is 17.6 Å². The molecule has 0 aliphatic carbocycles.